The highest BCUT2D eigenvalue weighted by Crippen LogP contribution is 2.18. The van der Waals surface area contributed by atoms with Gasteiger partial charge < -0.3 is 0 Å². The molecule has 0 amide bonds. The minimum Gasteiger partial charge on any atom is -0.228 e. The number of sulfone groups is 1. The highest BCUT2D eigenvalue weighted by molar-refractivity contribution is 7.92. The van der Waals surface area contributed by atoms with Gasteiger partial charge in [0.25, 0.3) is 0 Å². The molecule has 0 unspecified atom stereocenters. The monoisotopic (exact) mass is 403 g/mol. The van der Waals surface area contributed by atoms with Crippen molar-refractivity contribution in [3.8, 4) is 0 Å². The van der Waals surface area contributed by atoms with Crippen LogP contribution < -0.4 is 5.14 Å². The van der Waals surface area contributed by atoms with Gasteiger partial charge in [0.1, 0.15) is 0 Å². The minimum atomic E-state index is -3.62. The molecule has 1 aromatic rings. The van der Waals surface area contributed by atoms with Crippen molar-refractivity contribution >= 4 is 19.9 Å². The van der Waals surface area contributed by atoms with Crippen molar-refractivity contribution < 1.29 is 16.8 Å². The van der Waals surface area contributed by atoms with Crippen LogP contribution in [0, 0.1) is 0 Å². The Morgan fingerprint density at radius 3 is 1.69 bits per heavy atom. The van der Waals surface area contributed by atoms with Crippen molar-refractivity contribution in [3.63, 3.8) is 0 Å². The lowest BCUT2D eigenvalue weighted by Gasteiger charge is -2.18. The fourth-order valence-electron chi connectivity index (χ4n) is 2.66. The van der Waals surface area contributed by atoms with Crippen LogP contribution in [0.5, 0.6) is 0 Å². The molecule has 0 saturated carbocycles. The van der Waals surface area contributed by atoms with Gasteiger partial charge in [-0.15, -0.1) is 0 Å². The fourth-order valence-corrected chi connectivity index (χ4v) is 4.37. The molecule has 0 radical (unpaired) electrons. The molecule has 150 valence electrons. The molecule has 0 bridgehead atoms. The summed E-state index contributed by atoms with van der Waals surface area (Å²) in [6.45, 7) is 5.26. The van der Waals surface area contributed by atoms with Gasteiger partial charge in [-0.3, -0.25) is 0 Å². The Labute approximate surface area is 159 Å². The summed E-state index contributed by atoms with van der Waals surface area (Å²) >= 11 is 0. The number of unbranched alkanes of at least 4 members (excludes halogenated alkanes) is 6. The molecule has 0 fully saturated rings. The summed E-state index contributed by atoms with van der Waals surface area (Å²) in [5.74, 6) is 0.283. The van der Waals surface area contributed by atoms with E-state index in [0.29, 0.717) is 0 Å². The molecule has 1 aromatic carbocycles. The van der Waals surface area contributed by atoms with E-state index < -0.39 is 24.6 Å². The quantitative estimate of drug-likeness (QED) is 0.568. The topological polar surface area (TPSA) is 94.3 Å². The van der Waals surface area contributed by atoms with Crippen molar-refractivity contribution in [1.82, 2.24) is 0 Å². The fraction of sp³-hybridized carbons (Fsp3) is 0.684. The number of hydrogen-bond acceptors (Lipinski definition) is 4. The normalized spacial score (nSPS) is 13.1. The number of benzene rings is 1. The summed E-state index contributed by atoms with van der Waals surface area (Å²) in [6, 6.07) is 6.73. The van der Waals surface area contributed by atoms with Crippen molar-refractivity contribution in [2.24, 2.45) is 5.14 Å². The maximum atomic E-state index is 12.0. The van der Waals surface area contributed by atoms with E-state index in [2.05, 4.69) is 0 Å². The maximum Gasteiger partial charge on any atom is 0.238 e. The van der Waals surface area contributed by atoms with Gasteiger partial charge >= 0.3 is 0 Å². The minimum absolute atomic E-state index is 0.148. The maximum absolute atomic E-state index is 12.0. The van der Waals surface area contributed by atoms with Crippen LogP contribution in [0.15, 0.2) is 29.2 Å². The van der Waals surface area contributed by atoms with Crippen molar-refractivity contribution in [2.45, 2.75) is 81.8 Å². The molecule has 0 aromatic heterocycles. The van der Waals surface area contributed by atoms with Gasteiger partial charge in [-0.1, -0.05) is 44.2 Å². The number of rotatable bonds is 11. The molecule has 0 aliphatic rings. The largest absolute Gasteiger partial charge is 0.238 e. The summed E-state index contributed by atoms with van der Waals surface area (Å²) in [7, 11) is -6.60. The van der Waals surface area contributed by atoms with Crippen LogP contribution in [-0.4, -0.2) is 27.3 Å². The van der Waals surface area contributed by atoms with Gasteiger partial charge in [0.05, 0.1) is 15.4 Å². The Morgan fingerprint density at radius 2 is 1.23 bits per heavy atom. The molecule has 0 spiro atoms. The van der Waals surface area contributed by atoms with E-state index in [1.54, 1.807) is 32.9 Å². The van der Waals surface area contributed by atoms with Crippen molar-refractivity contribution in [2.75, 3.05) is 5.75 Å². The lowest BCUT2D eigenvalue weighted by molar-refractivity contribution is 0.549. The Balaban J connectivity index is 2.11. The van der Waals surface area contributed by atoms with Crippen LogP contribution in [0.2, 0.25) is 0 Å². The standard InChI is InChI=1S/C19H33NO4S2/c1-19(2,3)25(21,22)16-10-8-6-4-5-7-9-11-17-12-14-18(15-13-17)26(20,23)24/h12-15H,4-11,16H2,1-3H3,(H2,20,23,24). The zero-order chi connectivity index (χ0) is 19.8. The number of aryl methyl sites for hydroxylation is 1. The van der Waals surface area contributed by atoms with Crippen LogP contribution in [0.1, 0.15) is 71.3 Å². The first-order valence-electron chi connectivity index (χ1n) is 9.27. The molecule has 0 saturated heterocycles. The van der Waals surface area contributed by atoms with Crippen LogP contribution in [0.3, 0.4) is 0 Å². The average molecular weight is 404 g/mol. The van der Waals surface area contributed by atoms with Crippen LogP contribution in [0.4, 0.5) is 0 Å². The first-order chi connectivity index (χ1) is 11.9. The zero-order valence-corrected chi connectivity index (χ0v) is 17.8. The first-order valence-corrected chi connectivity index (χ1v) is 12.5. The summed E-state index contributed by atoms with van der Waals surface area (Å²) in [4.78, 5) is 0.148. The van der Waals surface area contributed by atoms with Gasteiger partial charge in [0.15, 0.2) is 9.84 Å². The van der Waals surface area contributed by atoms with E-state index in [-0.39, 0.29) is 10.6 Å². The first kappa shape index (κ1) is 23.1. The Bertz CT molecular complexity index is 746. The van der Waals surface area contributed by atoms with E-state index in [9.17, 15) is 16.8 Å². The Hall–Kier alpha value is -0.920. The van der Waals surface area contributed by atoms with E-state index >= 15 is 0 Å². The number of primary sulfonamides is 1. The molecule has 5 nitrogen and oxygen atoms in total. The molecule has 1 rings (SSSR count). The van der Waals surface area contributed by atoms with E-state index in [1.165, 1.54) is 0 Å². The summed E-state index contributed by atoms with van der Waals surface area (Å²) in [5.41, 5.74) is 1.12. The lowest BCUT2D eigenvalue weighted by Crippen LogP contribution is -2.30. The highest BCUT2D eigenvalue weighted by Gasteiger charge is 2.27. The lowest BCUT2D eigenvalue weighted by atomic mass is 10.0. The highest BCUT2D eigenvalue weighted by atomic mass is 32.2. The molecular weight excluding hydrogens is 370 g/mol. The second-order valence-electron chi connectivity index (χ2n) is 7.85. The van der Waals surface area contributed by atoms with Gasteiger partial charge in [0, 0.05) is 0 Å². The van der Waals surface area contributed by atoms with Gasteiger partial charge in [0.2, 0.25) is 10.0 Å². The second-order valence-corrected chi connectivity index (χ2v) is 12.3. The average Bonchev–Trinajstić information content (AvgIpc) is 2.51. The molecule has 0 aliphatic carbocycles. The van der Waals surface area contributed by atoms with Crippen LogP contribution in [0.25, 0.3) is 0 Å². The third kappa shape index (κ3) is 8.18. The molecular formula is C19H33NO4S2. The van der Waals surface area contributed by atoms with Crippen LogP contribution >= 0.6 is 0 Å². The molecule has 0 aliphatic heterocycles. The Morgan fingerprint density at radius 1 is 0.769 bits per heavy atom. The molecule has 26 heavy (non-hydrogen) atoms. The number of nitrogens with two attached hydrogens (primary N) is 1. The van der Waals surface area contributed by atoms with E-state index in [0.717, 1.165) is 56.9 Å². The van der Waals surface area contributed by atoms with Crippen molar-refractivity contribution in [1.29, 1.82) is 0 Å². The Kier molecular flexibility index (Phi) is 8.76. The summed E-state index contributed by atoms with van der Waals surface area (Å²) < 4.78 is 45.7. The van der Waals surface area contributed by atoms with Gasteiger partial charge in [-0.05, 0) is 57.7 Å². The predicted molar refractivity (Wildman–Crippen MR) is 107 cm³/mol. The van der Waals surface area contributed by atoms with Crippen molar-refractivity contribution in [3.05, 3.63) is 29.8 Å². The molecule has 7 heteroatoms. The number of sulfonamides is 1. The third-order valence-corrected chi connectivity index (χ3v) is 8.18. The summed E-state index contributed by atoms with van der Waals surface area (Å²) in [5, 5.41) is 5.08. The van der Waals surface area contributed by atoms with Gasteiger partial charge in [-0.25, -0.2) is 22.0 Å². The zero-order valence-electron chi connectivity index (χ0n) is 16.2. The molecule has 2 N–H and O–H groups in total. The van der Waals surface area contributed by atoms with Gasteiger partial charge in [-0.2, -0.15) is 0 Å². The molecule has 0 heterocycles. The third-order valence-electron chi connectivity index (χ3n) is 4.56. The second kappa shape index (κ2) is 9.85. The van der Waals surface area contributed by atoms with Crippen LogP contribution in [-0.2, 0) is 26.3 Å². The molecule has 0 atom stereocenters. The van der Waals surface area contributed by atoms with E-state index in [4.69, 9.17) is 5.14 Å². The van der Waals surface area contributed by atoms with E-state index in [1.807, 2.05) is 12.1 Å². The number of hydrogen-bond donors (Lipinski definition) is 1. The SMILES string of the molecule is CC(C)(C)S(=O)(=O)CCCCCCCCCc1ccc(S(N)(=O)=O)cc1. The summed E-state index contributed by atoms with van der Waals surface area (Å²) in [6.07, 6.45) is 8.16. The predicted octanol–water partition coefficient (Wildman–Crippen LogP) is 3.82. The smallest absolute Gasteiger partial charge is 0.228 e.